The number of nitrogens with two attached hydrogens (primary N) is 1. The molecule has 6 heteroatoms. The summed E-state index contributed by atoms with van der Waals surface area (Å²) in [7, 11) is 0. The Labute approximate surface area is 130 Å². The number of alkyl halides is 3. The lowest BCUT2D eigenvalue weighted by Crippen LogP contribution is -2.28. The number of hydrogen-bond donors (Lipinski definition) is 1. The fraction of sp³-hybridized carbons (Fsp3) is 0.467. The van der Waals surface area contributed by atoms with Crippen LogP contribution in [0.1, 0.15) is 32.4 Å². The average Bonchev–Trinajstić information content (AvgIpc) is 2.63. The SMILES string of the molecule is CC(C)(C)Cn1cc(C(N)C(F)(F)F)c2ccc(Br)cc21. The Kier molecular flexibility index (Phi) is 4.14. The number of hydrogen-bond acceptors (Lipinski definition) is 1. The Bertz CT molecular complexity index is 653. The molecule has 0 aliphatic rings. The first-order chi connectivity index (χ1) is 9.49. The molecule has 2 nitrogen and oxygen atoms in total. The molecule has 2 rings (SSSR count). The number of benzene rings is 1. The average molecular weight is 363 g/mol. The van der Waals surface area contributed by atoms with E-state index in [0.29, 0.717) is 11.9 Å². The van der Waals surface area contributed by atoms with Gasteiger partial charge in [-0.15, -0.1) is 0 Å². The largest absolute Gasteiger partial charge is 0.407 e. The summed E-state index contributed by atoms with van der Waals surface area (Å²) >= 11 is 3.37. The van der Waals surface area contributed by atoms with E-state index in [9.17, 15) is 13.2 Å². The van der Waals surface area contributed by atoms with E-state index in [1.807, 2.05) is 31.4 Å². The standard InChI is InChI=1S/C15H18BrF3N2/c1-14(2,3)8-21-7-11(13(20)15(17,18)19)10-5-4-9(16)6-12(10)21/h4-7,13H,8,20H2,1-3H3. The van der Waals surface area contributed by atoms with Gasteiger partial charge in [0.1, 0.15) is 6.04 Å². The Balaban J connectivity index is 2.63. The predicted octanol–water partition coefficient (Wildman–Crippen LogP) is 5.01. The molecule has 0 bridgehead atoms. The van der Waals surface area contributed by atoms with Crippen LogP contribution in [0, 0.1) is 5.41 Å². The Morgan fingerprint density at radius 2 is 1.86 bits per heavy atom. The first-order valence-corrected chi connectivity index (χ1v) is 7.39. The van der Waals surface area contributed by atoms with E-state index in [1.165, 1.54) is 6.20 Å². The fourth-order valence-corrected chi connectivity index (χ4v) is 2.71. The number of fused-ring (bicyclic) bond motifs is 1. The third kappa shape index (κ3) is 3.61. The van der Waals surface area contributed by atoms with E-state index in [4.69, 9.17) is 5.73 Å². The molecule has 2 aromatic rings. The van der Waals surface area contributed by atoms with Crippen LogP contribution < -0.4 is 5.73 Å². The van der Waals surface area contributed by atoms with Crippen LogP contribution in [0.15, 0.2) is 28.9 Å². The molecule has 0 aliphatic heterocycles. The maximum atomic E-state index is 12.9. The van der Waals surface area contributed by atoms with E-state index in [0.717, 1.165) is 9.99 Å². The number of nitrogens with zero attached hydrogens (tertiary/aromatic N) is 1. The summed E-state index contributed by atoms with van der Waals surface area (Å²) in [6, 6.07) is 3.27. The lowest BCUT2D eigenvalue weighted by atomic mass is 9.97. The molecular weight excluding hydrogens is 345 g/mol. The van der Waals surface area contributed by atoms with Gasteiger partial charge >= 0.3 is 6.18 Å². The van der Waals surface area contributed by atoms with E-state index in [-0.39, 0.29) is 11.0 Å². The molecule has 1 aromatic heterocycles. The van der Waals surface area contributed by atoms with Crippen LogP contribution in [0.5, 0.6) is 0 Å². The van der Waals surface area contributed by atoms with Gasteiger partial charge in [-0.1, -0.05) is 42.8 Å². The molecule has 1 unspecified atom stereocenters. The molecule has 1 aromatic carbocycles. The van der Waals surface area contributed by atoms with Crippen LogP contribution in [-0.4, -0.2) is 10.7 Å². The normalized spacial score (nSPS) is 14.7. The second-order valence-electron chi connectivity index (χ2n) is 6.45. The smallest absolute Gasteiger partial charge is 0.347 e. The molecule has 0 aliphatic carbocycles. The minimum Gasteiger partial charge on any atom is -0.347 e. The highest BCUT2D eigenvalue weighted by Crippen LogP contribution is 2.37. The van der Waals surface area contributed by atoms with Gasteiger partial charge in [0.2, 0.25) is 0 Å². The van der Waals surface area contributed by atoms with Crippen molar-refractivity contribution in [3.63, 3.8) is 0 Å². The van der Waals surface area contributed by atoms with E-state index in [1.54, 1.807) is 12.1 Å². The van der Waals surface area contributed by atoms with Gasteiger partial charge in [-0.3, -0.25) is 0 Å². The van der Waals surface area contributed by atoms with Gasteiger partial charge in [-0.05, 0) is 17.5 Å². The van der Waals surface area contributed by atoms with Gasteiger partial charge < -0.3 is 10.3 Å². The van der Waals surface area contributed by atoms with Gasteiger partial charge in [0.15, 0.2) is 0 Å². The first-order valence-electron chi connectivity index (χ1n) is 6.59. The van der Waals surface area contributed by atoms with Crippen molar-refractivity contribution < 1.29 is 13.2 Å². The predicted molar refractivity (Wildman–Crippen MR) is 82.1 cm³/mol. The Hall–Kier alpha value is -1.01. The summed E-state index contributed by atoms with van der Waals surface area (Å²) in [5.41, 5.74) is 6.23. The van der Waals surface area contributed by atoms with Crippen LogP contribution in [0.2, 0.25) is 0 Å². The zero-order valence-electron chi connectivity index (χ0n) is 12.1. The summed E-state index contributed by atoms with van der Waals surface area (Å²) in [6.07, 6.45) is -2.92. The monoisotopic (exact) mass is 362 g/mol. The minimum atomic E-state index is -4.45. The molecule has 0 fully saturated rings. The topological polar surface area (TPSA) is 30.9 Å². The van der Waals surface area contributed by atoms with Crippen LogP contribution in [0.25, 0.3) is 10.9 Å². The summed E-state index contributed by atoms with van der Waals surface area (Å²) < 4.78 is 41.5. The van der Waals surface area contributed by atoms with Crippen LogP contribution >= 0.6 is 15.9 Å². The Morgan fingerprint density at radius 1 is 1.24 bits per heavy atom. The molecule has 2 N–H and O–H groups in total. The van der Waals surface area contributed by atoms with Crippen molar-refractivity contribution in [2.75, 3.05) is 0 Å². The molecule has 1 atom stereocenters. The zero-order chi connectivity index (χ0) is 16.0. The number of rotatable bonds is 2. The molecule has 0 spiro atoms. The lowest BCUT2D eigenvalue weighted by Gasteiger charge is -2.20. The van der Waals surface area contributed by atoms with E-state index in [2.05, 4.69) is 15.9 Å². The quantitative estimate of drug-likeness (QED) is 0.799. The van der Waals surface area contributed by atoms with E-state index >= 15 is 0 Å². The molecule has 0 amide bonds. The number of halogens is 4. The summed E-state index contributed by atoms with van der Waals surface area (Å²) in [5, 5.41) is 0.548. The van der Waals surface area contributed by atoms with Crippen molar-refractivity contribution in [1.82, 2.24) is 4.57 Å². The highest BCUT2D eigenvalue weighted by atomic mass is 79.9. The molecule has 21 heavy (non-hydrogen) atoms. The summed E-state index contributed by atoms with van der Waals surface area (Å²) in [5.74, 6) is 0. The van der Waals surface area contributed by atoms with Gasteiger partial charge in [0.05, 0.1) is 0 Å². The number of aromatic nitrogens is 1. The van der Waals surface area contributed by atoms with Crippen molar-refractivity contribution in [2.24, 2.45) is 11.1 Å². The molecule has 0 radical (unpaired) electrons. The molecule has 116 valence electrons. The van der Waals surface area contributed by atoms with Crippen molar-refractivity contribution in [3.8, 4) is 0 Å². The third-order valence-electron chi connectivity index (χ3n) is 3.21. The van der Waals surface area contributed by atoms with E-state index < -0.39 is 12.2 Å². The maximum Gasteiger partial charge on any atom is 0.407 e. The van der Waals surface area contributed by atoms with Gasteiger partial charge in [0, 0.05) is 33.7 Å². The third-order valence-corrected chi connectivity index (χ3v) is 3.70. The van der Waals surface area contributed by atoms with Gasteiger partial charge in [-0.25, -0.2) is 0 Å². The van der Waals surface area contributed by atoms with Crippen LogP contribution in [0.3, 0.4) is 0 Å². The van der Waals surface area contributed by atoms with Gasteiger partial charge in [0.25, 0.3) is 0 Å². The van der Waals surface area contributed by atoms with Crippen molar-refractivity contribution in [1.29, 1.82) is 0 Å². The summed E-state index contributed by atoms with van der Waals surface area (Å²) in [4.78, 5) is 0. The Morgan fingerprint density at radius 3 is 2.38 bits per heavy atom. The maximum absolute atomic E-state index is 12.9. The molecule has 1 heterocycles. The molecule has 0 saturated heterocycles. The van der Waals surface area contributed by atoms with Crippen LogP contribution in [-0.2, 0) is 6.54 Å². The molecule has 0 saturated carbocycles. The van der Waals surface area contributed by atoms with Gasteiger partial charge in [-0.2, -0.15) is 13.2 Å². The molecular formula is C15H18BrF3N2. The second kappa shape index (κ2) is 5.32. The van der Waals surface area contributed by atoms with Crippen molar-refractivity contribution in [3.05, 3.63) is 34.4 Å². The first kappa shape index (κ1) is 16.4. The highest BCUT2D eigenvalue weighted by molar-refractivity contribution is 9.10. The summed E-state index contributed by atoms with van der Waals surface area (Å²) in [6.45, 7) is 6.74. The van der Waals surface area contributed by atoms with Crippen molar-refractivity contribution >= 4 is 26.8 Å². The lowest BCUT2D eigenvalue weighted by molar-refractivity contribution is -0.148. The fourth-order valence-electron chi connectivity index (χ4n) is 2.36. The van der Waals surface area contributed by atoms with Crippen LogP contribution in [0.4, 0.5) is 13.2 Å². The minimum absolute atomic E-state index is 0.0478. The van der Waals surface area contributed by atoms with Crippen molar-refractivity contribution in [2.45, 2.75) is 39.5 Å². The highest BCUT2D eigenvalue weighted by Gasteiger charge is 2.39. The zero-order valence-corrected chi connectivity index (χ0v) is 13.7. The second-order valence-corrected chi connectivity index (χ2v) is 7.37.